The van der Waals surface area contributed by atoms with Gasteiger partial charge in [-0.2, -0.15) is 4.31 Å². The maximum absolute atomic E-state index is 12.9. The van der Waals surface area contributed by atoms with Gasteiger partial charge in [0.15, 0.2) is 9.84 Å². The molecule has 2 fully saturated rings. The molecule has 8 heteroatoms. The minimum atomic E-state index is -3.79. The summed E-state index contributed by atoms with van der Waals surface area (Å²) in [7, 11) is -7.38. The third kappa shape index (κ3) is 3.51. The zero-order valence-corrected chi connectivity index (χ0v) is 15.5. The van der Waals surface area contributed by atoms with Gasteiger partial charge in [-0.3, -0.25) is 0 Å². The second-order valence-corrected chi connectivity index (χ2v) is 10.5. The number of hydrogen-bond acceptors (Lipinski definition) is 5. The lowest BCUT2D eigenvalue weighted by Gasteiger charge is -2.36. The highest BCUT2D eigenvalue weighted by atomic mass is 32.2. The summed E-state index contributed by atoms with van der Waals surface area (Å²) in [5.41, 5.74) is 0. The van der Waals surface area contributed by atoms with Crippen LogP contribution in [0.2, 0.25) is 0 Å². The summed E-state index contributed by atoms with van der Waals surface area (Å²) in [6.07, 6.45) is 5.10. The molecule has 1 aromatic carbocycles. The fraction of sp³-hybridized carbons (Fsp3) is 0.625. The maximum atomic E-state index is 12.9. The van der Waals surface area contributed by atoms with Gasteiger partial charge in [0.05, 0.1) is 4.90 Å². The van der Waals surface area contributed by atoms with E-state index in [4.69, 9.17) is 0 Å². The molecule has 24 heavy (non-hydrogen) atoms. The normalized spacial score (nSPS) is 22.0. The minimum Gasteiger partial charge on any atom is -0.300 e. The molecule has 1 aromatic rings. The van der Waals surface area contributed by atoms with Crippen LogP contribution in [-0.2, 0) is 19.9 Å². The van der Waals surface area contributed by atoms with E-state index in [1.165, 1.54) is 29.3 Å². The van der Waals surface area contributed by atoms with Crippen LogP contribution in [0.15, 0.2) is 34.1 Å². The second-order valence-electron chi connectivity index (χ2n) is 6.60. The van der Waals surface area contributed by atoms with Gasteiger partial charge in [0.25, 0.3) is 0 Å². The first-order chi connectivity index (χ1) is 11.3. The van der Waals surface area contributed by atoms with Gasteiger partial charge >= 0.3 is 0 Å². The molecule has 2 saturated heterocycles. The van der Waals surface area contributed by atoms with Crippen molar-refractivity contribution in [3.8, 4) is 0 Å². The average molecular weight is 373 g/mol. The molecule has 0 aromatic heterocycles. The van der Waals surface area contributed by atoms with Gasteiger partial charge in [-0.05, 0) is 50.9 Å². The Kier molecular flexibility index (Phi) is 5.01. The zero-order valence-electron chi connectivity index (χ0n) is 13.9. The number of sulfonamides is 1. The molecule has 0 unspecified atom stereocenters. The van der Waals surface area contributed by atoms with Crippen LogP contribution >= 0.6 is 0 Å². The Balaban J connectivity index is 1.80. The van der Waals surface area contributed by atoms with Crippen LogP contribution in [0.5, 0.6) is 0 Å². The van der Waals surface area contributed by atoms with Crippen molar-refractivity contribution in [2.75, 3.05) is 32.4 Å². The Bertz CT molecular complexity index is 791. The van der Waals surface area contributed by atoms with E-state index in [-0.39, 0.29) is 9.79 Å². The largest absolute Gasteiger partial charge is 0.300 e. The van der Waals surface area contributed by atoms with Crippen LogP contribution in [-0.4, -0.2) is 64.5 Å². The average Bonchev–Trinajstić information content (AvgIpc) is 3.09. The lowest BCUT2D eigenvalue weighted by Crippen LogP contribution is -2.46. The summed E-state index contributed by atoms with van der Waals surface area (Å²) in [6.45, 7) is 3.10. The molecule has 3 rings (SSSR count). The van der Waals surface area contributed by atoms with Gasteiger partial charge in [0.1, 0.15) is 4.90 Å². The van der Waals surface area contributed by atoms with Crippen LogP contribution in [0.1, 0.15) is 25.7 Å². The molecule has 0 aliphatic carbocycles. The van der Waals surface area contributed by atoms with Gasteiger partial charge in [-0.25, -0.2) is 16.8 Å². The molecule has 0 bridgehead atoms. The molecule has 6 nitrogen and oxygen atoms in total. The Labute approximate surface area is 144 Å². The van der Waals surface area contributed by atoms with Gasteiger partial charge in [0, 0.05) is 25.4 Å². The number of sulfone groups is 1. The molecule has 0 saturated carbocycles. The summed E-state index contributed by atoms with van der Waals surface area (Å²) >= 11 is 0. The Morgan fingerprint density at radius 2 is 1.42 bits per heavy atom. The Morgan fingerprint density at radius 3 is 1.96 bits per heavy atom. The lowest BCUT2D eigenvalue weighted by molar-refractivity contribution is 0.167. The van der Waals surface area contributed by atoms with Crippen LogP contribution in [0, 0.1) is 0 Å². The summed E-state index contributed by atoms with van der Waals surface area (Å²) in [6, 6.07) is 6.31. The number of nitrogens with zero attached hydrogens (tertiary/aromatic N) is 2. The molecule has 2 aliphatic heterocycles. The van der Waals surface area contributed by atoms with E-state index in [1.807, 2.05) is 0 Å². The molecule has 2 aliphatic rings. The quantitative estimate of drug-likeness (QED) is 0.797. The molecule has 0 atom stereocenters. The molecular formula is C16H24N2O4S2. The number of hydrogen-bond donors (Lipinski definition) is 0. The molecule has 0 amide bonds. The first-order valence-corrected chi connectivity index (χ1v) is 11.7. The Hall–Kier alpha value is -0.960. The predicted octanol–water partition coefficient (Wildman–Crippen LogP) is 1.34. The van der Waals surface area contributed by atoms with Crippen molar-refractivity contribution in [1.29, 1.82) is 0 Å². The minimum absolute atomic E-state index is 0.105. The van der Waals surface area contributed by atoms with Crippen molar-refractivity contribution >= 4 is 19.9 Å². The van der Waals surface area contributed by atoms with E-state index < -0.39 is 19.9 Å². The molecule has 2 heterocycles. The highest BCUT2D eigenvalue weighted by Gasteiger charge is 2.34. The third-order valence-corrected chi connectivity index (χ3v) is 8.19. The lowest BCUT2D eigenvalue weighted by atomic mass is 10.1. The SMILES string of the molecule is CS(=O)(=O)c1ccccc1S(=O)(=O)N1CCC(N2CCCC2)CC1. The first kappa shape index (κ1) is 17.8. The van der Waals surface area contributed by atoms with Crippen molar-refractivity contribution < 1.29 is 16.8 Å². The van der Waals surface area contributed by atoms with E-state index in [1.54, 1.807) is 12.1 Å². The third-order valence-electron chi connectivity index (χ3n) is 4.95. The predicted molar refractivity (Wildman–Crippen MR) is 92.1 cm³/mol. The smallest absolute Gasteiger partial charge is 0.244 e. The van der Waals surface area contributed by atoms with E-state index in [0.717, 1.165) is 32.2 Å². The van der Waals surface area contributed by atoms with Crippen molar-refractivity contribution in [3.05, 3.63) is 24.3 Å². The van der Waals surface area contributed by atoms with Crippen LogP contribution in [0.3, 0.4) is 0 Å². The van der Waals surface area contributed by atoms with E-state index in [9.17, 15) is 16.8 Å². The molecular weight excluding hydrogens is 348 g/mol. The summed E-state index contributed by atoms with van der Waals surface area (Å²) < 4.78 is 51.1. The standard InChI is InChI=1S/C16H24N2O4S2/c1-23(19,20)15-6-2-3-7-16(15)24(21,22)18-12-8-14(9-13-18)17-10-4-5-11-17/h2-3,6-7,14H,4-5,8-13H2,1H3. The monoisotopic (exact) mass is 372 g/mol. The van der Waals surface area contributed by atoms with Gasteiger partial charge < -0.3 is 4.90 Å². The molecule has 0 radical (unpaired) electrons. The summed E-state index contributed by atoms with van der Waals surface area (Å²) in [5.74, 6) is 0. The topological polar surface area (TPSA) is 74.8 Å². The second kappa shape index (κ2) is 6.74. The van der Waals surface area contributed by atoms with Gasteiger partial charge in [-0.15, -0.1) is 0 Å². The molecule has 0 N–H and O–H groups in total. The highest BCUT2D eigenvalue weighted by molar-refractivity contribution is 7.93. The fourth-order valence-corrected chi connectivity index (χ4v) is 6.73. The highest BCUT2D eigenvalue weighted by Crippen LogP contribution is 2.28. The van der Waals surface area contributed by atoms with Crippen molar-refractivity contribution in [2.24, 2.45) is 0 Å². The van der Waals surface area contributed by atoms with Crippen LogP contribution in [0.4, 0.5) is 0 Å². The molecule has 0 spiro atoms. The zero-order chi connectivity index (χ0) is 17.4. The number of rotatable bonds is 4. The maximum Gasteiger partial charge on any atom is 0.244 e. The van der Waals surface area contributed by atoms with E-state index in [0.29, 0.717) is 19.1 Å². The van der Waals surface area contributed by atoms with Gasteiger partial charge in [0.2, 0.25) is 10.0 Å². The fourth-order valence-electron chi connectivity index (χ4n) is 3.66. The van der Waals surface area contributed by atoms with Crippen molar-refractivity contribution in [1.82, 2.24) is 9.21 Å². The van der Waals surface area contributed by atoms with Crippen LogP contribution in [0.25, 0.3) is 0 Å². The number of piperidine rings is 1. The summed E-state index contributed by atoms with van der Waals surface area (Å²) in [4.78, 5) is 2.23. The Morgan fingerprint density at radius 1 is 0.875 bits per heavy atom. The van der Waals surface area contributed by atoms with Crippen molar-refractivity contribution in [2.45, 2.75) is 41.5 Å². The number of likely N-dealkylation sites (tertiary alicyclic amines) is 1. The van der Waals surface area contributed by atoms with E-state index >= 15 is 0 Å². The van der Waals surface area contributed by atoms with Gasteiger partial charge in [-0.1, -0.05) is 12.1 Å². The van der Waals surface area contributed by atoms with E-state index in [2.05, 4.69) is 4.90 Å². The van der Waals surface area contributed by atoms with Crippen molar-refractivity contribution in [3.63, 3.8) is 0 Å². The first-order valence-electron chi connectivity index (χ1n) is 8.33. The summed E-state index contributed by atoms with van der Waals surface area (Å²) in [5, 5.41) is 0. The van der Waals surface area contributed by atoms with Crippen LogP contribution < -0.4 is 0 Å². The number of benzene rings is 1. The molecule has 134 valence electrons.